The average molecular weight is 481 g/mol. The molecular formula is C29H20N8. The van der Waals surface area contributed by atoms with Gasteiger partial charge in [0.1, 0.15) is 22.4 Å². The Morgan fingerprint density at radius 2 is 0.973 bits per heavy atom. The fraction of sp³-hybridized carbons (Fsp3) is 0. The van der Waals surface area contributed by atoms with Gasteiger partial charge in [-0.15, -0.1) is 0 Å². The Balaban J connectivity index is 1.47. The molecule has 5 aromatic heterocycles. The lowest BCUT2D eigenvalue weighted by molar-refractivity contribution is 1.18. The highest BCUT2D eigenvalue weighted by Crippen LogP contribution is 2.37. The van der Waals surface area contributed by atoms with Gasteiger partial charge in [0, 0.05) is 23.8 Å². The van der Waals surface area contributed by atoms with Crippen molar-refractivity contribution in [1.82, 2.24) is 34.9 Å². The first-order chi connectivity index (χ1) is 18.3. The minimum absolute atomic E-state index is 0.632. The van der Waals surface area contributed by atoms with Crippen LogP contribution in [0.2, 0.25) is 0 Å². The summed E-state index contributed by atoms with van der Waals surface area (Å²) in [6.07, 6.45) is 3.49. The normalized spacial score (nSPS) is 11.2. The molecule has 0 spiro atoms. The van der Waals surface area contributed by atoms with Crippen LogP contribution in [0.3, 0.4) is 0 Å². The van der Waals surface area contributed by atoms with Crippen molar-refractivity contribution in [3.63, 3.8) is 0 Å². The van der Waals surface area contributed by atoms with E-state index in [2.05, 4.69) is 49.1 Å². The maximum atomic E-state index is 4.96. The second kappa shape index (κ2) is 8.69. The number of aromatic nitrogens is 7. The SMILES string of the molecule is c1ccc(N(c2ccccc2)c2cc(-c3nc4cccnc4[nH]3)nc(-c3nc4cccnc4[nH]3)c2)cc1. The van der Waals surface area contributed by atoms with Gasteiger partial charge in [-0.1, -0.05) is 36.4 Å². The van der Waals surface area contributed by atoms with Crippen LogP contribution in [0.4, 0.5) is 17.1 Å². The number of aromatic amines is 2. The summed E-state index contributed by atoms with van der Waals surface area (Å²) in [6.45, 7) is 0. The molecule has 0 saturated heterocycles. The van der Waals surface area contributed by atoms with Crippen molar-refractivity contribution in [1.29, 1.82) is 0 Å². The van der Waals surface area contributed by atoms with E-state index in [9.17, 15) is 0 Å². The molecule has 37 heavy (non-hydrogen) atoms. The lowest BCUT2D eigenvalue weighted by Gasteiger charge is -2.26. The van der Waals surface area contributed by atoms with Gasteiger partial charge in [0.15, 0.2) is 22.9 Å². The van der Waals surface area contributed by atoms with Crippen LogP contribution < -0.4 is 4.90 Å². The predicted molar refractivity (Wildman–Crippen MR) is 145 cm³/mol. The van der Waals surface area contributed by atoms with Crippen LogP contribution in [-0.2, 0) is 0 Å². The third-order valence-electron chi connectivity index (χ3n) is 6.09. The number of nitrogens with zero attached hydrogens (tertiary/aromatic N) is 6. The second-order valence-corrected chi connectivity index (χ2v) is 8.52. The molecule has 8 nitrogen and oxygen atoms in total. The van der Waals surface area contributed by atoms with Crippen molar-refractivity contribution < 1.29 is 0 Å². The van der Waals surface area contributed by atoms with E-state index in [1.54, 1.807) is 12.4 Å². The molecule has 0 bridgehead atoms. The van der Waals surface area contributed by atoms with E-state index in [0.29, 0.717) is 34.3 Å². The van der Waals surface area contributed by atoms with Gasteiger partial charge in [-0.05, 0) is 60.7 Å². The molecule has 0 aliphatic heterocycles. The molecule has 2 aromatic carbocycles. The Morgan fingerprint density at radius 3 is 1.43 bits per heavy atom. The summed E-state index contributed by atoms with van der Waals surface area (Å²) >= 11 is 0. The maximum absolute atomic E-state index is 4.96. The van der Waals surface area contributed by atoms with Crippen LogP contribution in [-0.4, -0.2) is 34.9 Å². The van der Waals surface area contributed by atoms with Crippen molar-refractivity contribution in [3.8, 4) is 23.0 Å². The molecular weight excluding hydrogens is 460 g/mol. The zero-order chi connectivity index (χ0) is 24.6. The monoisotopic (exact) mass is 480 g/mol. The quantitative estimate of drug-likeness (QED) is 0.295. The zero-order valence-electron chi connectivity index (χ0n) is 19.6. The molecule has 5 heterocycles. The number of H-pyrrole nitrogens is 2. The number of hydrogen-bond donors (Lipinski definition) is 2. The number of imidazole rings is 2. The Bertz CT molecular complexity index is 1640. The number of para-hydroxylation sites is 2. The summed E-state index contributed by atoms with van der Waals surface area (Å²) < 4.78 is 0. The first kappa shape index (κ1) is 21.0. The minimum atomic E-state index is 0.632. The van der Waals surface area contributed by atoms with E-state index >= 15 is 0 Å². The fourth-order valence-electron chi connectivity index (χ4n) is 4.42. The Kier molecular flexibility index (Phi) is 4.92. The number of hydrogen-bond acceptors (Lipinski definition) is 6. The van der Waals surface area contributed by atoms with E-state index in [-0.39, 0.29) is 0 Å². The van der Waals surface area contributed by atoms with Crippen molar-refractivity contribution in [3.05, 3.63) is 109 Å². The summed E-state index contributed by atoms with van der Waals surface area (Å²) in [4.78, 5) is 32.1. The molecule has 7 aromatic rings. The Morgan fingerprint density at radius 1 is 0.486 bits per heavy atom. The van der Waals surface area contributed by atoms with E-state index < -0.39 is 0 Å². The van der Waals surface area contributed by atoms with E-state index in [1.165, 1.54) is 0 Å². The first-order valence-corrected chi connectivity index (χ1v) is 11.9. The third kappa shape index (κ3) is 3.86. The molecule has 0 atom stereocenters. The highest BCUT2D eigenvalue weighted by molar-refractivity contribution is 5.83. The number of benzene rings is 2. The van der Waals surface area contributed by atoms with Gasteiger partial charge in [-0.3, -0.25) is 0 Å². The number of rotatable bonds is 5. The molecule has 0 saturated carbocycles. The Hall–Kier alpha value is -5.37. The average Bonchev–Trinajstić information content (AvgIpc) is 3.59. The topological polar surface area (TPSA) is 99.3 Å². The number of nitrogens with one attached hydrogen (secondary N) is 2. The molecule has 0 aliphatic rings. The molecule has 7 rings (SSSR count). The minimum Gasteiger partial charge on any atom is -0.321 e. The molecule has 0 amide bonds. The summed E-state index contributed by atoms with van der Waals surface area (Å²) in [5, 5.41) is 0. The Labute approximate surface area is 211 Å². The molecule has 0 aliphatic carbocycles. The van der Waals surface area contributed by atoms with Gasteiger partial charge in [-0.2, -0.15) is 0 Å². The van der Waals surface area contributed by atoms with E-state index in [0.717, 1.165) is 28.1 Å². The number of fused-ring (bicyclic) bond motifs is 2. The van der Waals surface area contributed by atoms with Crippen LogP contribution in [0, 0.1) is 0 Å². The highest BCUT2D eigenvalue weighted by atomic mass is 15.1. The summed E-state index contributed by atoms with van der Waals surface area (Å²) in [5.74, 6) is 1.26. The van der Waals surface area contributed by atoms with Crippen molar-refractivity contribution in [2.24, 2.45) is 0 Å². The lowest BCUT2D eigenvalue weighted by Crippen LogP contribution is -2.10. The molecule has 8 heteroatoms. The predicted octanol–water partition coefficient (Wildman–Crippen LogP) is 6.43. The largest absolute Gasteiger partial charge is 0.321 e. The summed E-state index contributed by atoms with van der Waals surface area (Å²) in [6, 6.07) is 32.2. The van der Waals surface area contributed by atoms with Gasteiger partial charge in [0.2, 0.25) is 0 Å². The van der Waals surface area contributed by atoms with Crippen molar-refractivity contribution in [2.75, 3.05) is 4.90 Å². The van der Waals surface area contributed by atoms with Crippen molar-refractivity contribution in [2.45, 2.75) is 0 Å². The van der Waals surface area contributed by atoms with Crippen LogP contribution >= 0.6 is 0 Å². The van der Waals surface area contributed by atoms with Gasteiger partial charge in [0.05, 0.1) is 5.69 Å². The van der Waals surface area contributed by atoms with Crippen LogP contribution in [0.15, 0.2) is 109 Å². The van der Waals surface area contributed by atoms with Gasteiger partial charge in [0.25, 0.3) is 0 Å². The van der Waals surface area contributed by atoms with Gasteiger partial charge in [-0.25, -0.2) is 24.9 Å². The third-order valence-corrected chi connectivity index (χ3v) is 6.09. The summed E-state index contributed by atoms with van der Waals surface area (Å²) in [5.41, 5.74) is 7.29. The highest BCUT2D eigenvalue weighted by Gasteiger charge is 2.19. The number of anilines is 3. The maximum Gasteiger partial charge on any atom is 0.158 e. The second-order valence-electron chi connectivity index (χ2n) is 8.52. The van der Waals surface area contributed by atoms with Gasteiger partial charge >= 0.3 is 0 Å². The van der Waals surface area contributed by atoms with Crippen LogP contribution in [0.1, 0.15) is 0 Å². The molecule has 176 valence electrons. The van der Waals surface area contributed by atoms with Crippen LogP contribution in [0.5, 0.6) is 0 Å². The van der Waals surface area contributed by atoms with Crippen molar-refractivity contribution >= 4 is 39.4 Å². The van der Waals surface area contributed by atoms with Gasteiger partial charge < -0.3 is 14.9 Å². The molecule has 2 N–H and O–H groups in total. The zero-order valence-corrected chi connectivity index (χ0v) is 19.6. The molecule has 0 radical (unpaired) electrons. The smallest absolute Gasteiger partial charge is 0.158 e. The molecule has 0 unspecified atom stereocenters. The van der Waals surface area contributed by atoms with E-state index in [1.807, 2.05) is 72.8 Å². The lowest BCUT2D eigenvalue weighted by atomic mass is 10.1. The fourth-order valence-corrected chi connectivity index (χ4v) is 4.42. The standard InChI is InChI=1S/C29H20N8/c1-3-9-19(10-4-1)37(20-11-5-2-6-12-20)21-17-24(28-33-22-13-7-15-30-26(22)35-28)32-25(18-21)29-34-23-14-8-16-31-27(23)36-29/h1-18H,(H,30,33,35)(H,31,34,36). The number of pyridine rings is 3. The first-order valence-electron chi connectivity index (χ1n) is 11.9. The summed E-state index contributed by atoms with van der Waals surface area (Å²) in [7, 11) is 0. The van der Waals surface area contributed by atoms with Crippen LogP contribution in [0.25, 0.3) is 45.4 Å². The molecule has 0 fully saturated rings. The van der Waals surface area contributed by atoms with E-state index in [4.69, 9.17) is 15.0 Å².